The first-order chi connectivity index (χ1) is 10.1. The first kappa shape index (κ1) is 15.7. The lowest BCUT2D eigenvalue weighted by atomic mass is 9.98. The third kappa shape index (κ3) is 4.69. The van der Waals surface area contributed by atoms with E-state index < -0.39 is 0 Å². The first-order valence-electron chi connectivity index (χ1n) is 7.54. The van der Waals surface area contributed by atoms with E-state index in [1.807, 2.05) is 30.5 Å². The average molecular weight is 287 g/mol. The summed E-state index contributed by atoms with van der Waals surface area (Å²) in [5, 5.41) is 2.23. The molecule has 1 heterocycles. The predicted molar refractivity (Wildman–Crippen MR) is 87.3 cm³/mol. The van der Waals surface area contributed by atoms with Crippen LogP contribution >= 0.6 is 0 Å². The van der Waals surface area contributed by atoms with Crippen LogP contribution in [0.25, 0.3) is 10.8 Å². The lowest BCUT2D eigenvalue weighted by Gasteiger charge is -2.18. The number of hydrogen-bond donors (Lipinski definition) is 2. The van der Waals surface area contributed by atoms with Crippen LogP contribution in [0.15, 0.2) is 36.7 Å². The maximum Gasteiger partial charge on any atom is 0.120 e. The molecule has 2 rings (SSSR count). The Morgan fingerprint density at radius 3 is 2.67 bits per heavy atom. The van der Waals surface area contributed by atoms with Gasteiger partial charge in [-0.2, -0.15) is 0 Å². The molecule has 2 aromatic rings. The number of fused-ring (bicyclic) bond motifs is 1. The van der Waals surface area contributed by atoms with Gasteiger partial charge >= 0.3 is 0 Å². The topological polar surface area (TPSA) is 74.2 Å². The number of rotatable bonds is 7. The molecule has 0 fully saturated rings. The molecule has 0 bridgehead atoms. The van der Waals surface area contributed by atoms with Gasteiger partial charge in [0.15, 0.2) is 0 Å². The van der Waals surface area contributed by atoms with Crippen LogP contribution in [-0.2, 0) is 0 Å². The fourth-order valence-corrected chi connectivity index (χ4v) is 2.18. The van der Waals surface area contributed by atoms with E-state index in [0.717, 1.165) is 29.4 Å². The van der Waals surface area contributed by atoms with Crippen molar-refractivity contribution in [1.82, 2.24) is 4.98 Å². The van der Waals surface area contributed by atoms with E-state index in [1.54, 1.807) is 6.20 Å². The van der Waals surface area contributed by atoms with E-state index in [1.165, 1.54) is 0 Å². The molecule has 0 radical (unpaired) electrons. The summed E-state index contributed by atoms with van der Waals surface area (Å²) >= 11 is 0. The van der Waals surface area contributed by atoms with E-state index in [9.17, 15) is 0 Å². The van der Waals surface area contributed by atoms with Gasteiger partial charge in [0.05, 0.1) is 0 Å². The van der Waals surface area contributed by atoms with Crippen LogP contribution in [0.3, 0.4) is 0 Å². The van der Waals surface area contributed by atoms with E-state index in [2.05, 4.69) is 18.8 Å². The summed E-state index contributed by atoms with van der Waals surface area (Å²) in [6, 6.07) is 8.19. The molecule has 21 heavy (non-hydrogen) atoms. The zero-order valence-electron chi connectivity index (χ0n) is 12.8. The van der Waals surface area contributed by atoms with Crippen LogP contribution in [0.5, 0.6) is 5.75 Å². The van der Waals surface area contributed by atoms with Crippen LogP contribution in [0.2, 0.25) is 0 Å². The first-order valence-corrected chi connectivity index (χ1v) is 7.54. The second-order valence-corrected chi connectivity index (χ2v) is 5.94. The molecule has 2 unspecified atom stereocenters. The van der Waals surface area contributed by atoms with Crippen LogP contribution in [0, 0.1) is 5.92 Å². The Balaban J connectivity index is 1.83. The van der Waals surface area contributed by atoms with Crippen molar-refractivity contribution in [2.45, 2.75) is 38.8 Å². The van der Waals surface area contributed by atoms with Crippen molar-refractivity contribution in [3.8, 4) is 5.75 Å². The van der Waals surface area contributed by atoms with Gasteiger partial charge in [-0.1, -0.05) is 13.8 Å². The third-order valence-electron chi connectivity index (χ3n) is 3.80. The summed E-state index contributed by atoms with van der Waals surface area (Å²) in [4.78, 5) is 4.10. The highest BCUT2D eigenvalue weighted by Crippen LogP contribution is 2.20. The highest BCUT2D eigenvalue weighted by molar-refractivity contribution is 5.82. The number of benzene rings is 1. The molecule has 2 atom stereocenters. The average Bonchev–Trinajstić information content (AvgIpc) is 2.50. The number of hydrogen-bond acceptors (Lipinski definition) is 4. The largest absolute Gasteiger partial charge is 0.492 e. The Bertz CT molecular complexity index is 571. The zero-order chi connectivity index (χ0) is 15.2. The second kappa shape index (κ2) is 7.38. The standard InChI is InChI=1S/C17H25N3O/c1-12(2)17(19)6-4-15(18)11-21-16-5-3-14-10-20-8-7-13(14)9-16/h3,5,7-10,12,15,17H,4,6,11,18-19H2,1-2H3. The van der Waals surface area contributed by atoms with E-state index >= 15 is 0 Å². The quantitative estimate of drug-likeness (QED) is 0.821. The van der Waals surface area contributed by atoms with Crippen molar-refractivity contribution in [2.75, 3.05) is 6.61 Å². The van der Waals surface area contributed by atoms with Gasteiger partial charge in [-0.3, -0.25) is 4.98 Å². The van der Waals surface area contributed by atoms with Crippen LogP contribution in [0.4, 0.5) is 0 Å². The Kier molecular flexibility index (Phi) is 5.53. The molecule has 4 nitrogen and oxygen atoms in total. The van der Waals surface area contributed by atoms with Crippen molar-refractivity contribution in [1.29, 1.82) is 0 Å². The lowest BCUT2D eigenvalue weighted by Crippen LogP contribution is -2.33. The maximum absolute atomic E-state index is 6.09. The minimum Gasteiger partial charge on any atom is -0.492 e. The van der Waals surface area contributed by atoms with Gasteiger partial charge < -0.3 is 16.2 Å². The summed E-state index contributed by atoms with van der Waals surface area (Å²) < 4.78 is 5.78. The van der Waals surface area contributed by atoms with Crippen molar-refractivity contribution < 1.29 is 4.74 Å². The SMILES string of the molecule is CC(C)C(N)CCC(N)COc1ccc2cnccc2c1. The van der Waals surface area contributed by atoms with Gasteiger partial charge in [0.1, 0.15) is 12.4 Å². The Morgan fingerprint density at radius 2 is 1.90 bits per heavy atom. The van der Waals surface area contributed by atoms with Crippen LogP contribution in [0.1, 0.15) is 26.7 Å². The Hall–Kier alpha value is -1.65. The molecule has 114 valence electrons. The van der Waals surface area contributed by atoms with Crippen molar-refractivity contribution in [3.63, 3.8) is 0 Å². The zero-order valence-corrected chi connectivity index (χ0v) is 12.8. The summed E-state index contributed by atoms with van der Waals surface area (Å²) in [5.41, 5.74) is 12.1. The van der Waals surface area contributed by atoms with E-state index in [0.29, 0.717) is 12.5 Å². The van der Waals surface area contributed by atoms with Gasteiger partial charge in [0, 0.05) is 29.9 Å². The molecule has 4 N–H and O–H groups in total. The maximum atomic E-state index is 6.09. The van der Waals surface area contributed by atoms with Crippen LogP contribution in [-0.4, -0.2) is 23.7 Å². The molecule has 4 heteroatoms. The number of ether oxygens (including phenoxy) is 1. The van der Waals surface area contributed by atoms with E-state index in [-0.39, 0.29) is 12.1 Å². The molecule has 0 amide bonds. The van der Waals surface area contributed by atoms with Crippen molar-refractivity contribution in [3.05, 3.63) is 36.7 Å². The van der Waals surface area contributed by atoms with Gasteiger partial charge in [0.2, 0.25) is 0 Å². The molecule has 0 saturated heterocycles. The molecular weight excluding hydrogens is 262 g/mol. The molecule has 0 aliphatic carbocycles. The summed E-state index contributed by atoms with van der Waals surface area (Å²) in [6.07, 6.45) is 5.45. The summed E-state index contributed by atoms with van der Waals surface area (Å²) in [6.45, 7) is 4.79. The molecule has 0 aliphatic heterocycles. The van der Waals surface area contributed by atoms with Gasteiger partial charge in [-0.05, 0) is 48.4 Å². The van der Waals surface area contributed by atoms with Gasteiger partial charge in [-0.15, -0.1) is 0 Å². The molecule has 0 spiro atoms. The van der Waals surface area contributed by atoms with Gasteiger partial charge in [0.25, 0.3) is 0 Å². The number of aromatic nitrogens is 1. The molecule has 1 aromatic heterocycles. The van der Waals surface area contributed by atoms with Gasteiger partial charge in [-0.25, -0.2) is 0 Å². The molecule has 0 aliphatic rings. The minimum atomic E-state index is 0.0166. The predicted octanol–water partition coefficient (Wildman–Crippen LogP) is 2.70. The summed E-state index contributed by atoms with van der Waals surface area (Å²) in [7, 11) is 0. The Labute approximate surface area is 126 Å². The third-order valence-corrected chi connectivity index (χ3v) is 3.80. The number of nitrogens with two attached hydrogens (primary N) is 2. The minimum absolute atomic E-state index is 0.0166. The molecule has 1 aromatic carbocycles. The fraction of sp³-hybridized carbons (Fsp3) is 0.471. The normalized spacial score (nSPS) is 14.3. The van der Waals surface area contributed by atoms with E-state index in [4.69, 9.17) is 16.2 Å². The smallest absolute Gasteiger partial charge is 0.120 e. The van der Waals surface area contributed by atoms with Crippen molar-refractivity contribution >= 4 is 10.8 Å². The lowest BCUT2D eigenvalue weighted by molar-refractivity contribution is 0.274. The highest BCUT2D eigenvalue weighted by atomic mass is 16.5. The monoisotopic (exact) mass is 287 g/mol. The number of nitrogens with zero attached hydrogens (tertiary/aromatic N) is 1. The Morgan fingerprint density at radius 1 is 1.10 bits per heavy atom. The summed E-state index contributed by atoms with van der Waals surface area (Å²) in [5.74, 6) is 1.34. The van der Waals surface area contributed by atoms with Crippen molar-refractivity contribution in [2.24, 2.45) is 17.4 Å². The van der Waals surface area contributed by atoms with Crippen LogP contribution < -0.4 is 16.2 Å². The molecule has 0 saturated carbocycles. The fourth-order valence-electron chi connectivity index (χ4n) is 2.18. The second-order valence-electron chi connectivity index (χ2n) is 5.94. The molecular formula is C17H25N3O. The highest BCUT2D eigenvalue weighted by Gasteiger charge is 2.11. The number of pyridine rings is 1.